The predicted octanol–water partition coefficient (Wildman–Crippen LogP) is 7.57. The molecule has 32 heavy (non-hydrogen) atoms. The highest BCUT2D eigenvalue weighted by Crippen LogP contribution is 2.20. The Bertz CT molecular complexity index is 360. The lowest BCUT2D eigenvalue weighted by Gasteiger charge is -2.17. The molecule has 0 aromatic heterocycles. The van der Waals surface area contributed by atoms with E-state index in [0.717, 1.165) is 25.8 Å². The molecule has 0 radical (unpaired) electrons. The molecule has 192 valence electrons. The Labute approximate surface area is 200 Å². The quantitative estimate of drug-likeness (QED) is 0.104. The number of aliphatic hydroxyl groups is 1. The average Bonchev–Trinajstić information content (AvgIpc) is 2.80. The van der Waals surface area contributed by atoms with Crippen LogP contribution in [-0.2, 0) is 9.53 Å². The number of rotatable bonds is 26. The van der Waals surface area contributed by atoms with E-state index in [9.17, 15) is 4.79 Å². The molecule has 0 unspecified atom stereocenters. The normalized spacial score (nSPS) is 11.4. The minimum atomic E-state index is 0.00510. The summed E-state index contributed by atoms with van der Waals surface area (Å²) < 4.78 is 5.69. The van der Waals surface area contributed by atoms with Crippen molar-refractivity contribution in [1.29, 1.82) is 0 Å². The van der Waals surface area contributed by atoms with Crippen LogP contribution in [-0.4, -0.2) is 37.4 Å². The fourth-order valence-corrected chi connectivity index (χ4v) is 4.27. The molecule has 0 saturated carbocycles. The largest absolute Gasteiger partial charge is 0.465 e. The number of unbranched alkanes of at least 4 members (excludes halogenated alkanes) is 14. The summed E-state index contributed by atoms with van der Waals surface area (Å²) in [4.78, 5) is 12.2. The Balaban J connectivity index is 3.90. The number of esters is 1. The first-order valence-corrected chi connectivity index (χ1v) is 14.2. The Kier molecular flexibility index (Phi) is 26.1. The van der Waals surface area contributed by atoms with E-state index >= 15 is 0 Å². The number of ether oxygens (including phenoxy) is 1. The minimum absolute atomic E-state index is 0.00510. The molecule has 0 aromatic carbocycles. The molecule has 0 heterocycles. The molecule has 0 aliphatic heterocycles. The number of aliphatic hydroxyl groups excluding tert-OH is 1. The molecule has 2 N–H and O–H groups in total. The summed E-state index contributed by atoms with van der Waals surface area (Å²) in [7, 11) is 0. The second-order valence-electron chi connectivity index (χ2n) is 9.65. The van der Waals surface area contributed by atoms with Gasteiger partial charge in [0.2, 0.25) is 0 Å². The van der Waals surface area contributed by atoms with Crippen LogP contribution in [0, 0.1) is 5.92 Å². The Morgan fingerprint density at radius 2 is 1.19 bits per heavy atom. The fraction of sp³-hybridized carbons (Fsp3) is 0.964. The molecule has 4 heteroatoms. The van der Waals surface area contributed by atoms with Crippen molar-refractivity contribution in [2.24, 2.45) is 5.92 Å². The van der Waals surface area contributed by atoms with E-state index in [2.05, 4.69) is 19.2 Å². The maximum atomic E-state index is 12.2. The third-order valence-corrected chi connectivity index (χ3v) is 6.43. The van der Waals surface area contributed by atoms with Gasteiger partial charge in [0.05, 0.1) is 13.2 Å². The lowest BCUT2D eigenvalue weighted by atomic mass is 9.94. The van der Waals surface area contributed by atoms with Gasteiger partial charge in [-0.3, -0.25) is 4.79 Å². The van der Waals surface area contributed by atoms with E-state index < -0.39 is 0 Å². The molecular formula is C28H57NO3. The van der Waals surface area contributed by atoms with E-state index in [1.54, 1.807) is 0 Å². The fourth-order valence-electron chi connectivity index (χ4n) is 4.27. The van der Waals surface area contributed by atoms with Crippen LogP contribution in [0.25, 0.3) is 0 Å². The van der Waals surface area contributed by atoms with Crippen LogP contribution in [0.3, 0.4) is 0 Å². The number of carbonyl (C=O) groups is 1. The van der Waals surface area contributed by atoms with Crippen LogP contribution in [0.1, 0.15) is 142 Å². The SMILES string of the molecule is CCCCCCCCC(CCCCCCCC)COC(=O)CCCCCCCNCCO. The Hall–Kier alpha value is -0.610. The van der Waals surface area contributed by atoms with Crippen LogP contribution in [0.2, 0.25) is 0 Å². The van der Waals surface area contributed by atoms with Crippen molar-refractivity contribution in [2.75, 3.05) is 26.3 Å². The lowest BCUT2D eigenvalue weighted by Crippen LogP contribution is -2.19. The topological polar surface area (TPSA) is 58.6 Å². The van der Waals surface area contributed by atoms with E-state index in [1.165, 1.54) is 103 Å². The first-order chi connectivity index (χ1) is 15.7. The van der Waals surface area contributed by atoms with Gasteiger partial charge in [0, 0.05) is 13.0 Å². The second kappa shape index (κ2) is 26.6. The molecule has 0 aliphatic carbocycles. The standard InChI is InChI=1S/C28H57NO3/c1-3-5-7-9-12-16-20-27(21-17-13-10-8-6-4-2)26-32-28(31)22-18-14-11-15-19-23-29-24-25-30/h27,29-30H,3-26H2,1-2H3. The van der Waals surface area contributed by atoms with Gasteiger partial charge in [-0.1, -0.05) is 110 Å². The maximum absolute atomic E-state index is 12.2. The zero-order chi connectivity index (χ0) is 23.5. The molecule has 0 aliphatic rings. The minimum Gasteiger partial charge on any atom is -0.465 e. The third-order valence-electron chi connectivity index (χ3n) is 6.43. The van der Waals surface area contributed by atoms with Gasteiger partial charge in [0.25, 0.3) is 0 Å². The maximum Gasteiger partial charge on any atom is 0.305 e. The third kappa shape index (κ3) is 24.0. The zero-order valence-corrected chi connectivity index (χ0v) is 21.8. The summed E-state index contributed by atoms with van der Waals surface area (Å²) in [5.74, 6) is 0.563. The Morgan fingerprint density at radius 3 is 1.75 bits per heavy atom. The smallest absolute Gasteiger partial charge is 0.305 e. The van der Waals surface area contributed by atoms with Crippen LogP contribution >= 0.6 is 0 Å². The summed E-state index contributed by atoms with van der Waals surface area (Å²) in [6, 6.07) is 0. The molecule has 0 bridgehead atoms. The van der Waals surface area contributed by atoms with Crippen LogP contribution < -0.4 is 5.32 Å². The predicted molar refractivity (Wildman–Crippen MR) is 138 cm³/mol. The van der Waals surface area contributed by atoms with Gasteiger partial charge < -0.3 is 15.2 Å². The lowest BCUT2D eigenvalue weighted by molar-refractivity contribution is -0.145. The molecule has 0 saturated heterocycles. The number of hydrogen-bond donors (Lipinski definition) is 2. The second-order valence-corrected chi connectivity index (χ2v) is 9.65. The van der Waals surface area contributed by atoms with Crippen molar-refractivity contribution in [3.63, 3.8) is 0 Å². The number of nitrogens with one attached hydrogen (secondary N) is 1. The number of hydrogen-bond acceptors (Lipinski definition) is 4. The summed E-state index contributed by atoms with van der Waals surface area (Å²) in [6.07, 6.45) is 24.6. The van der Waals surface area contributed by atoms with Gasteiger partial charge in [-0.15, -0.1) is 0 Å². The van der Waals surface area contributed by atoms with Gasteiger partial charge in [0.1, 0.15) is 0 Å². The van der Waals surface area contributed by atoms with Gasteiger partial charge in [0.15, 0.2) is 0 Å². The summed E-state index contributed by atoms with van der Waals surface area (Å²) >= 11 is 0. The van der Waals surface area contributed by atoms with Crippen LogP contribution in [0.4, 0.5) is 0 Å². The monoisotopic (exact) mass is 455 g/mol. The highest BCUT2D eigenvalue weighted by Gasteiger charge is 2.12. The molecule has 0 fully saturated rings. The van der Waals surface area contributed by atoms with Gasteiger partial charge in [-0.25, -0.2) is 0 Å². The zero-order valence-electron chi connectivity index (χ0n) is 21.8. The van der Waals surface area contributed by atoms with Crippen molar-refractivity contribution >= 4 is 5.97 Å². The van der Waals surface area contributed by atoms with E-state index in [0.29, 0.717) is 25.5 Å². The van der Waals surface area contributed by atoms with Crippen molar-refractivity contribution < 1.29 is 14.6 Å². The van der Waals surface area contributed by atoms with Crippen molar-refractivity contribution in [1.82, 2.24) is 5.32 Å². The molecule has 0 rings (SSSR count). The summed E-state index contributed by atoms with van der Waals surface area (Å²) in [5, 5.41) is 11.9. The summed E-state index contributed by atoms with van der Waals surface area (Å²) in [5.41, 5.74) is 0. The molecule has 0 spiro atoms. The molecule has 4 nitrogen and oxygen atoms in total. The van der Waals surface area contributed by atoms with Gasteiger partial charge in [-0.05, 0) is 38.1 Å². The summed E-state index contributed by atoms with van der Waals surface area (Å²) in [6.45, 7) is 7.04. The average molecular weight is 456 g/mol. The number of carbonyl (C=O) groups excluding carboxylic acids is 1. The van der Waals surface area contributed by atoms with Gasteiger partial charge in [-0.2, -0.15) is 0 Å². The molecule has 0 atom stereocenters. The van der Waals surface area contributed by atoms with E-state index in [1.807, 2.05) is 0 Å². The highest BCUT2D eigenvalue weighted by atomic mass is 16.5. The van der Waals surface area contributed by atoms with Crippen molar-refractivity contribution in [3.8, 4) is 0 Å². The van der Waals surface area contributed by atoms with Crippen molar-refractivity contribution in [2.45, 2.75) is 142 Å². The first-order valence-electron chi connectivity index (χ1n) is 14.2. The van der Waals surface area contributed by atoms with E-state index in [-0.39, 0.29) is 12.6 Å². The van der Waals surface area contributed by atoms with Crippen LogP contribution in [0.15, 0.2) is 0 Å². The van der Waals surface area contributed by atoms with Crippen LogP contribution in [0.5, 0.6) is 0 Å². The molecular weight excluding hydrogens is 398 g/mol. The van der Waals surface area contributed by atoms with Crippen molar-refractivity contribution in [3.05, 3.63) is 0 Å². The Morgan fingerprint density at radius 1 is 0.688 bits per heavy atom. The van der Waals surface area contributed by atoms with Gasteiger partial charge >= 0.3 is 5.97 Å². The molecule has 0 aromatic rings. The first kappa shape index (κ1) is 31.4. The molecule has 0 amide bonds. The van der Waals surface area contributed by atoms with E-state index in [4.69, 9.17) is 9.84 Å². The highest BCUT2D eigenvalue weighted by molar-refractivity contribution is 5.69.